The second-order valence-electron chi connectivity index (χ2n) is 3.97. The Morgan fingerprint density at radius 3 is 2.69 bits per heavy atom. The van der Waals surface area contributed by atoms with Gasteiger partial charge in [-0.25, -0.2) is 0 Å². The van der Waals surface area contributed by atoms with Crippen LogP contribution in [0.4, 0.5) is 0 Å². The third-order valence-corrected chi connectivity index (χ3v) is 2.74. The highest BCUT2D eigenvalue weighted by atomic mass is 16.3. The predicted molar refractivity (Wildman–Crippen MR) is 63.1 cm³/mol. The van der Waals surface area contributed by atoms with Crippen LogP contribution in [-0.4, -0.2) is 16.8 Å². The molecule has 4 nitrogen and oxygen atoms in total. The molecular weight excluding hydrogens is 202 g/mol. The molecule has 0 aliphatic rings. The van der Waals surface area contributed by atoms with Gasteiger partial charge in [0, 0.05) is 19.3 Å². The topological polar surface area (TPSA) is 43.0 Å². The molecule has 0 aliphatic carbocycles. The van der Waals surface area contributed by atoms with Crippen LogP contribution in [0.15, 0.2) is 16.5 Å². The van der Waals surface area contributed by atoms with Crippen LogP contribution in [0.5, 0.6) is 0 Å². The van der Waals surface area contributed by atoms with Crippen molar-refractivity contribution in [2.45, 2.75) is 20.4 Å². The standard InChI is InChI=1S/C12H17N3O/c1-8-5-6-11(16-8)12-9(2)15(4)14-10(12)7-13-3/h5-6,13H,7H2,1-4H3. The molecule has 0 atom stereocenters. The summed E-state index contributed by atoms with van der Waals surface area (Å²) in [6.45, 7) is 4.75. The van der Waals surface area contributed by atoms with Gasteiger partial charge in [0.1, 0.15) is 11.5 Å². The minimum Gasteiger partial charge on any atom is -0.461 e. The lowest BCUT2D eigenvalue weighted by atomic mass is 10.1. The molecule has 4 heteroatoms. The largest absolute Gasteiger partial charge is 0.461 e. The van der Waals surface area contributed by atoms with E-state index in [1.54, 1.807) is 0 Å². The molecule has 16 heavy (non-hydrogen) atoms. The maximum absolute atomic E-state index is 5.67. The molecule has 0 radical (unpaired) electrons. The Balaban J connectivity index is 2.53. The second-order valence-corrected chi connectivity index (χ2v) is 3.97. The third-order valence-electron chi connectivity index (χ3n) is 2.74. The molecular formula is C12H17N3O. The Morgan fingerprint density at radius 2 is 2.12 bits per heavy atom. The molecule has 2 heterocycles. The highest BCUT2D eigenvalue weighted by Gasteiger charge is 2.16. The molecule has 0 saturated carbocycles. The van der Waals surface area contributed by atoms with Crippen molar-refractivity contribution >= 4 is 0 Å². The van der Waals surface area contributed by atoms with Gasteiger partial charge in [-0.3, -0.25) is 4.68 Å². The van der Waals surface area contributed by atoms with E-state index >= 15 is 0 Å². The van der Waals surface area contributed by atoms with Crippen molar-refractivity contribution in [3.8, 4) is 11.3 Å². The van der Waals surface area contributed by atoms with E-state index in [0.717, 1.165) is 35.0 Å². The fraction of sp³-hybridized carbons (Fsp3) is 0.417. The minimum atomic E-state index is 0.747. The summed E-state index contributed by atoms with van der Waals surface area (Å²) in [4.78, 5) is 0. The van der Waals surface area contributed by atoms with Gasteiger partial charge >= 0.3 is 0 Å². The summed E-state index contributed by atoms with van der Waals surface area (Å²) in [5, 5.41) is 7.60. The monoisotopic (exact) mass is 219 g/mol. The van der Waals surface area contributed by atoms with Crippen LogP contribution in [0, 0.1) is 13.8 Å². The number of hydrogen-bond acceptors (Lipinski definition) is 3. The van der Waals surface area contributed by atoms with Gasteiger partial charge < -0.3 is 9.73 Å². The van der Waals surface area contributed by atoms with E-state index in [4.69, 9.17) is 4.42 Å². The fourth-order valence-corrected chi connectivity index (χ4v) is 1.86. The Hall–Kier alpha value is -1.55. The summed E-state index contributed by atoms with van der Waals surface area (Å²) in [7, 11) is 3.87. The average Bonchev–Trinajstić information content (AvgIpc) is 2.74. The van der Waals surface area contributed by atoms with Crippen LogP contribution in [0.1, 0.15) is 17.1 Å². The lowest BCUT2D eigenvalue weighted by Gasteiger charge is -2.00. The summed E-state index contributed by atoms with van der Waals surface area (Å²) in [6.07, 6.45) is 0. The lowest BCUT2D eigenvalue weighted by molar-refractivity contribution is 0.547. The highest BCUT2D eigenvalue weighted by Crippen LogP contribution is 2.28. The van der Waals surface area contributed by atoms with Crippen LogP contribution < -0.4 is 5.32 Å². The van der Waals surface area contributed by atoms with Crippen molar-refractivity contribution in [2.75, 3.05) is 7.05 Å². The smallest absolute Gasteiger partial charge is 0.138 e. The minimum absolute atomic E-state index is 0.747. The Bertz CT molecular complexity index is 496. The van der Waals surface area contributed by atoms with Gasteiger partial charge in [-0.2, -0.15) is 5.10 Å². The highest BCUT2D eigenvalue weighted by molar-refractivity contribution is 5.63. The Labute approximate surface area is 95.3 Å². The first kappa shape index (κ1) is 11.0. The Kier molecular flexibility index (Phi) is 2.83. The molecule has 0 saturated heterocycles. The molecule has 0 spiro atoms. The molecule has 2 rings (SSSR count). The van der Waals surface area contributed by atoms with Crippen LogP contribution in [-0.2, 0) is 13.6 Å². The van der Waals surface area contributed by atoms with Gasteiger partial charge in [0.15, 0.2) is 0 Å². The van der Waals surface area contributed by atoms with Gasteiger partial charge in [-0.15, -0.1) is 0 Å². The zero-order valence-electron chi connectivity index (χ0n) is 10.2. The van der Waals surface area contributed by atoms with Gasteiger partial charge in [0.2, 0.25) is 0 Å². The summed E-state index contributed by atoms with van der Waals surface area (Å²) in [6, 6.07) is 3.98. The van der Waals surface area contributed by atoms with Gasteiger partial charge in [-0.05, 0) is 33.0 Å². The van der Waals surface area contributed by atoms with Crippen molar-refractivity contribution in [3.05, 3.63) is 29.3 Å². The van der Waals surface area contributed by atoms with Crippen LogP contribution in [0.2, 0.25) is 0 Å². The van der Waals surface area contributed by atoms with E-state index < -0.39 is 0 Å². The predicted octanol–water partition coefficient (Wildman–Crippen LogP) is 2.02. The van der Waals surface area contributed by atoms with Crippen molar-refractivity contribution in [2.24, 2.45) is 7.05 Å². The zero-order valence-corrected chi connectivity index (χ0v) is 10.2. The van der Waals surface area contributed by atoms with Crippen LogP contribution in [0.25, 0.3) is 11.3 Å². The normalized spacial score (nSPS) is 11.0. The van der Waals surface area contributed by atoms with Gasteiger partial charge in [0.05, 0.1) is 11.3 Å². The molecule has 0 fully saturated rings. The van der Waals surface area contributed by atoms with Gasteiger partial charge in [-0.1, -0.05) is 0 Å². The SMILES string of the molecule is CNCc1nn(C)c(C)c1-c1ccc(C)o1. The first-order valence-electron chi connectivity index (χ1n) is 5.37. The van der Waals surface area contributed by atoms with E-state index in [1.807, 2.05) is 37.8 Å². The third kappa shape index (κ3) is 1.76. The van der Waals surface area contributed by atoms with Crippen molar-refractivity contribution in [1.82, 2.24) is 15.1 Å². The van der Waals surface area contributed by atoms with Crippen LogP contribution in [0.3, 0.4) is 0 Å². The van der Waals surface area contributed by atoms with Gasteiger partial charge in [0.25, 0.3) is 0 Å². The summed E-state index contributed by atoms with van der Waals surface area (Å²) in [5.41, 5.74) is 3.25. The maximum Gasteiger partial charge on any atom is 0.138 e. The summed E-state index contributed by atoms with van der Waals surface area (Å²) in [5.74, 6) is 1.82. The second kappa shape index (κ2) is 4.14. The quantitative estimate of drug-likeness (QED) is 0.858. The lowest BCUT2D eigenvalue weighted by Crippen LogP contribution is -2.06. The maximum atomic E-state index is 5.67. The molecule has 0 aromatic carbocycles. The molecule has 86 valence electrons. The zero-order chi connectivity index (χ0) is 11.7. The Morgan fingerprint density at radius 1 is 1.38 bits per heavy atom. The molecule has 2 aromatic heterocycles. The van der Waals surface area contributed by atoms with E-state index in [2.05, 4.69) is 17.3 Å². The number of furan rings is 1. The van der Waals surface area contributed by atoms with E-state index in [1.165, 1.54) is 0 Å². The molecule has 0 unspecified atom stereocenters. The first-order valence-corrected chi connectivity index (χ1v) is 5.37. The molecule has 0 bridgehead atoms. The molecule has 0 aliphatic heterocycles. The molecule has 0 amide bonds. The number of hydrogen-bond donors (Lipinski definition) is 1. The van der Waals surface area contributed by atoms with Crippen molar-refractivity contribution in [3.63, 3.8) is 0 Å². The molecule has 1 N–H and O–H groups in total. The first-order chi connectivity index (χ1) is 7.63. The van der Waals surface area contributed by atoms with E-state index in [9.17, 15) is 0 Å². The number of aryl methyl sites for hydroxylation is 2. The fourth-order valence-electron chi connectivity index (χ4n) is 1.86. The number of aromatic nitrogens is 2. The van der Waals surface area contributed by atoms with Crippen LogP contribution >= 0.6 is 0 Å². The van der Waals surface area contributed by atoms with Crippen molar-refractivity contribution < 1.29 is 4.42 Å². The van der Waals surface area contributed by atoms with Crippen molar-refractivity contribution in [1.29, 1.82) is 0 Å². The summed E-state index contributed by atoms with van der Waals surface area (Å²) < 4.78 is 7.56. The number of nitrogens with one attached hydrogen (secondary N) is 1. The molecule has 2 aromatic rings. The van der Waals surface area contributed by atoms with E-state index in [0.29, 0.717) is 0 Å². The number of rotatable bonds is 3. The van der Waals surface area contributed by atoms with E-state index in [-0.39, 0.29) is 0 Å². The number of nitrogens with zero attached hydrogens (tertiary/aromatic N) is 2. The average molecular weight is 219 g/mol. The summed E-state index contributed by atoms with van der Waals surface area (Å²) >= 11 is 0.